The van der Waals surface area contributed by atoms with Crippen LogP contribution in [0.4, 0.5) is 4.79 Å². The first kappa shape index (κ1) is 26.9. The SMILES string of the molecule is CC1(C)O[C@H]2O[C@@H]3[C@H](OCc4ccccc4)[C@H](OCc4ccccc4)CN(C(=O)OCc4ccccc4)[C@H]3[C@H]2O1. The molecule has 6 rings (SSSR count). The summed E-state index contributed by atoms with van der Waals surface area (Å²) in [5.41, 5.74) is 2.98. The standard InChI is InChI=1S/C32H35NO7/c1-32(2)39-29-26-28(38-30(29)40-32)27(36-20-23-14-8-4-9-15-23)25(35-19-22-12-6-3-7-13-22)18-33(26)31(34)37-21-24-16-10-5-11-17-24/h3-17,25-30H,18-21H2,1-2H3/t25-,26-,27-,28+,29-,30-/m1/s1. The third kappa shape index (κ3) is 5.92. The Bertz CT molecular complexity index is 1260. The lowest BCUT2D eigenvalue weighted by Crippen LogP contribution is -2.65. The van der Waals surface area contributed by atoms with Crippen molar-refractivity contribution < 1.29 is 33.2 Å². The zero-order valence-corrected chi connectivity index (χ0v) is 22.8. The molecule has 8 nitrogen and oxygen atoms in total. The van der Waals surface area contributed by atoms with E-state index in [0.717, 1.165) is 16.7 Å². The lowest BCUT2D eigenvalue weighted by Gasteiger charge is -2.45. The third-order valence-electron chi connectivity index (χ3n) is 7.51. The Kier molecular flexibility index (Phi) is 7.87. The maximum absolute atomic E-state index is 13.6. The summed E-state index contributed by atoms with van der Waals surface area (Å²) in [4.78, 5) is 15.3. The largest absolute Gasteiger partial charge is 0.445 e. The van der Waals surface area contributed by atoms with E-state index in [1.54, 1.807) is 4.90 Å². The molecular formula is C32H35NO7. The topological polar surface area (TPSA) is 75.7 Å². The van der Waals surface area contributed by atoms with Gasteiger partial charge >= 0.3 is 6.09 Å². The zero-order chi connectivity index (χ0) is 27.5. The van der Waals surface area contributed by atoms with Gasteiger partial charge in [-0.15, -0.1) is 0 Å². The molecule has 3 heterocycles. The number of piperidine rings is 1. The molecule has 3 aromatic rings. The van der Waals surface area contributed by atoms with Crippen LogP contribution in [0.3, 0.4) is 0 Å². The van der Waals surface area contributed by atoms with Gasteiger partial charge in [-0.1, -0.05) is 91.0 Å². The number of likely N-dealkylation sites (tertiary alicyclic amines) is 1. The Balaban J connectivity index is 1.26. The van der Waals surface area contributed by atoms with Crippen LogP contribution in [-0.2, 0) is 48.2 Å². The predicted octanol–water partition coefficient (Wildman–Crippen LogP) is 5.05. The highest BCUT2D eigenvalue weighted by molar-refractivity contribution is 5.69. The summed E-state index contributed by atoms with van der Waals surface area (Å²) >= 11 is 0. The number of nitrogens with zero attached hydrogens (tertiary/aromatic N) is 1. The number of benzene rings is 3. The molecule has 3 saturated heterocycles. The van der Waals surface area contributed by atoms with E-state index in [2.05, 4.69) is 0 Å². The van der Waals surface area contributed by atoms with E-state index in [1.807, 2.05) is 105 Å². The van der Waals surface area contributed by atoms with Crippen LogP contribution in [0.15, 0.2) is 91.0 Å². The maximum atomic E-state index is 13.6. The fourth-order valence-corrected chi connectivity index (χ4v) is 5.67. The van der Waals surface area contributed by atoms with Gasteiger partial charge in [0.2, 0.25) is 0 Å². The molecular weight excluding hydrogens is 510 g/mol. The molecule has 0 spiro atoms. The van der Waals surface area contributed by atoms with E-state index < -0.39 is 48.6 Å². The van der Waals surface area contributed by atoms with Crippen LogP contribution in [0.1, 0.15) is 30.5 Å². The Morgan fingerprint density at radius 1 is 0.775 bits per heavy atom. The van der Waals surface area contributed by atoms with Crippen molar-refractivity contribution in [2.75, 3.05) is 6.54 Å². The fourth-order valence-electron chi connectivity index (χ4n) is 5.67. The molecule has 0 aliphatic carbocycles. The first-order chi connectivity index (χ1) is 19.5. The van der Waals surface area contributed by atoms with Crippen LogP contribution in [-0.4, -0.2) is 60.1 Å². The van der Waals surface area contributed by atoms with Crippen molar-refractivity contribution in [1.29, 1.82) is 0 Å². The van der Waals surface area contributed by atoms with Crippen molar-refractivity contribution in [3.8, 4) is 0 Å². The molecule has 0 bridgehead atoms. The normalized spacial score (nSPS) is 28.6. The molecule has 40 heavy (non-hydrogen) atoms. The second kappa shape index (κ2) is 11.7. The van der Waals surface area contributed by atoms with Gasteiger partial charge in [0.25, 0.3) is 0 Å². The van der Waals surface area contributed by atoms with Gasteiger partial charge in [-0.3, -0.25) is 4.90 Å². The van der Waals surface area contributed by atoms with Crippen LogP contribution >= 0.6 is 0 Å². The quantitative estimate of drug-likeness (QED) is 0.392. The number of fused-ring (bicyclic) bond motifs is 3. The number of hydrogen-bond acceptors (Lipinski definition) is 7. The summed E-state index contributed by atoms with van der Waals surface area (Å²) in [6, 6.07) is 29.1. The molecule has 3 aliphatic heterocycles. The predicted molar refractivity (Wildman–Crippen MR) is 146 cm³/mol. The van der Waals surface area contributed by atoms with Gasteiger partial charge in [-0.25, -0.2) is 4.79 Å². The van der Waals surface area contributed by atoms with Crippen molar-refractivity contribution in [3.63, 3.8) is 0 Å². The van der Waals surface area contributed by atoms with Gasteiger partial charge < -0.3 is 28.4 Å². The molecule has 0 aromatic heterocycles. The molecule has 3 fully saturated rings. The van der Waals surface area contributed by atoms with E-state index in [4.69, 9.17) is 28.4 Å². The first-order valence-electron chi connectivity index (χ1n) is 13.8. The van der Waals surface area contributed by atoms with E-state index >= 15 is 0 Å². The average Bonchev–Trinajstić information content (AvgIpc) is 3.47. The van der Waals surface area contributed by atoms with Crippen molar-refractivity contribution >= 4 is 6.09 Å². The average molecular weight is 546 g/mol. The molecule has 3 aliphatic rings. The lowest BCUT2D eigenvalue weighted by atomic mass is 9.92. The van der Waals surface area contributed by atoms with Crippen LogP contribution in [0.5, 0.6) is 0 Å². The van der Waals surface area contributed by atoms with Crippen molar-refractivity contribution in [2.24, 2.45) is 0 Å². The number of carbonyl (C=O) groups excluding carboxylic acids is 1. The molecule has 6 atom stereocenters. The molecule has 8 heteroatoms. The van der Waals surface area contributed by atoms with E-state index in [9.17, 15) is 4.79 Å². The van der Waals surface area contributed by atoms with E-state index in [1.165, 1.54) is 0 Å². The molecule has 210 valence electrons. The minimum absolute atomic E-state index is 0.162. The lowest BCUT2D eigenvalue weighted by molar-refractivity contribution is -0.246. The molecule has 0 radical (unpaired) electrons. The number of hydrogen-bond donors (Lipinski definition) is 0. The van der Waals surface area contributed by atoms with Crippen molar-refractivity contribution in [3.05, 3.63) is 108 Å². The van der Waals surface area contributed by atoms with Crippen LogP contribution < -0.4 is 0 Å². The van der Waals surface area contributed by atoms with Gasteiger partial charge in [0.1, 0.15) is 31.0 Å². The van der Waals surface area contributed by atoms with Crippen LogP contribution in [0.2, 0.25) is 0 Å². The highest BCUT2D eigenvalue weighted by Crippen LogP contribution is 2.44. The van der Waals surface area contributed by atoms with Gasteiger partial charge in [0.15, 0.2) is 12.1 Å². The fraction of sp³-hybridized carbons (Fsp3) is 0.406. The summed E-state index contributed by atoms with van der Waals surface area (Å²) in [5, 5.41) is 0. The van der Waals surface area contributed by atoms with E-state index in [0.29, 0.717) is 13.2 Å². The Hall–Kier alpha value is -3.27. The van der Waals surface area contributed by atoms with Gasteiger partial charge in [0.05, 0.1) is 25.8 Å². The smallest absolute Gasteiger partial charge is 0.410 e. The van der Waals surface area contributed by atoms with Crippen LogP contribution in [0, 0.1) is 0 Å². The van der Waals surface area contributed by atoms with Crippen molar-refractivity contribution in [2.45, 2.75) is 76.2 Å². The summed E-state index contributed by atoms with van der Waals surface area (Å²) in [5.74, 6) is -0.832. The van der Waals surface area contributed by atoms with Crippen molar-refractivity contribution in [1.82, 2.24) is 4.90 Å². The number of carbonyl (C=O) groups is 1. The number of ether oxygens (including phenoxy) is 6. The van der Waals surface area contributed by atoms with Gasteiger partial charge in [-0.2, -0.15) is 0 Å². The molecule has 0 N–H and O–H groups in total. The summed E-state index contributed by atoms with van der Waals surface area (Å²) < 4.78 is 37.6. The summed E-state index contributed by atoms with van der Waals surface area (Å²) in [7, 11) is 0. The molecule has 1 amide bonds. The van der Waals surface area contributed by atoms with E-state index in [-0.39, 0.29) is 13.2 Å². The second-order valence-electron chi connectivity index (χ2n) is 10.8. The summed E-state index contributed by atoms with van der Waals surface area (Å²) in [6.07, 6.45) is -3.04. The number of amides is 1. The summed E-state index contributed by atoms with van der Waals surface area (Å²) in [6.45, 7) is 4.87. The Morgan fingerprint density at radius 3 is 1.93 bits per heavy atom. The second-order valence-corrected chi connectivity index (χ2v) is 10.8. The minimum Gasteiger partial charge on any atom is -0.445 e. The number of rotatable bonds is 8. The first-order valence-corrected chi connectivity index (χ1v) is 13.8. The van der Waals surface area contributed by atoms with Gasteiger partial charge in [0, 0.05) is 0 Å². The minimum atomic E-state index is -0.832. The monoisotopic (exact) mass is 545 g/mol. The molecule has 0 unspecified atom stereocenters. The molecule has 3 aromatic carbocycles. The highest BCUT2D eigenvalue weighted by atomic mass is 16.8. The zero-order valence-electron chi connectivity index (χ0n) is 22.8. The van der Waals surface area contributed by atoms with Gasteiger partial charge in [-0.05, 0) is 30.5 Å². The highest BCUT2D eigenvalue weighted by Gasteiger charge is 2.63. The Labute approximate surface area is 234 Å². The Morgan fingerprint density at radius 2 is 1.32 bits per heavy atom. The maximum Gasteiger partial charge on any atom is 0.410 e. The third-order valence-corrected chi connectivity index (χ3v) is 7.51. The molecule has 0 saturated carbocycles. The van der Waals surface area contributed by atoms with Crippen LogP contribution in [0.25, 0.3) is 0 Å².